The van der Waals surface area contributed by atoms with Crippen LogP contribution in [0.2, 0.25) is 0 Å². The predicted molar refractivity (Wildman–Crippen MR) is 92.8 cm³/mol. The van der Waals surface area contributed by atoms with Crippen molar-refractivity contribution >= 4 is 11.8 Å². The number of aliphatic hydroxyl groups is 3. The summed E-state index contributed by atoms with van der Waals surface area (Å²) in [6.07, 6.45) is -7.20. The van der Waals surface area contributed by atoms with Crippen molar-refractivity contribution < 1.29 is 38.8 Å². The number of benzene rings is 1. The van der Waals surface area contributed by atoms with Gasteiger partial charge < -0.3 is 35.0 Å². The summed E-state index contributed by atoms with van der Waals surface area (Å²) in [6, 6.07) is 4.87. The minimum Gasteiger partial charge on any atom is -0.388 e. The Morgan fingerprint density at radius 3 is 2.36 bits per heavy atom. The molecule has 9 nitrogen and oxygen atoms in total. The van der Waals surface area contributed by atoms with Crippen LogP contribution in [0.1, 0.15) is 10.4 Å². The molecule has 1 aromatic rings. The van der Waals surface area contributed by atoms with E-state index in [9.17, 15) is 29.3 Å². The number of aliphatic hydroxyl groups excluding tert-OH is 3. The number of carbonyl (C=O) groups is 2. The average Bonchev–Trinajstić information content (AvgIpc) is 2.72. The monoisotopic (exact) mass is 398 g/mol. The molecule has 28 heavy (non-hydrogen) atoms. The van der Waals surface area contributed by atoms with Gasteiger partial charge in [0.25, 0.3) is 11.8 Å². The van der Waals surface area contributed by atoms with Crippen molar-refractivity contribution in [3.63, 3.8) is 0 Å². The van der Waals surface area contributed by atoms with Gasteiger partial charge in [0, 0.05) is 25.2 Å². The highest BCUT2D eigenvalue weighted by molar-refractivity contribution is 5.94. The van der Waals surface area contributed by atoms with Crippen molar-refractivity contribution in [3.05, 3.63) is 35.6 Å². The van der Waals surface area contributed by atoms with Crippen LogP contribution in [0.15, 0.2) is 24.3 Å². The van der Waals surface area contributed by atoms with Crippen molar-refractivity contribution in [2.45, 2.75) is 30.5 Å². The van der Waals surface area contributed by atoms with Gasteiger partial charge in [-0.05, 0) is 24.3 Å². The summed E-state index contributed by atoms with van der Waals surface area (Å²) in [6.45, 7) is 1.16. The maximum absolute atomic E-state index is 12.9. The molecule has 154 valence electrons. The third kappa shape index (κ3) is 4.47. The molecule has 5 atom stereocenters. The first-order valence-corrected chi connectivity index (χ1v) is 8.98. The van der Waals surface area contributed by atoms with E-state index in [1.165, 1.54) is 17.0 Å². The number of morpholine rings is 1. The zero-order valence-corrected chi connectivity index (χ0v) is 15.0. The summed E-state index contributed by atoms with van der Waals surface area (Å²) < 4.78 is 23.7. The lowest BCUT2D eigenvalue weighted by atomic mass is 9.94. The molecular weight excluding hydrogens is 375 g/mol. The highest BCUT2D eigenvalue weighted by Gasteiger charge is 2.47. The minimum absolute atomic E-state index is 0.202. The Bertz CT molecular complexity index is 696. The van der Waals surface area contributed by atoms with Gasteiger partial charge in [-0.2, -0.15) is 0 Å². The standard InChI is InChI=1S/C18H23FN2O7/c19-11-3-1-10(2-4-11)17(25)20-9-12-13(22)14(23)15(24)16(28-12)18(26)21-5-7-27-8-6-21/h1-4,12-16,22-24H,5-9H2,(H,20,25)/t12-,13-,14+,15+,16-/m0/s1. The van der Waals surface area contributed by atoms with Gasteiger partial charge in [-0.1, -0.05) is 0 Å². The van der Waals surface area contributed by atoms with Crippen molar-refractivity contribution in [2.24, 2.45) is 0 Å². The van der Waals surface area contributed by atoms with Crippen LogP contribution in [0.4, 0.5) is 4.39 Å². The number of carbonyl (C=O) groups excluding carboxylic acids is 2. The van der Waals surface area contributed by atoms with Crippen LogP contribution in [-0.4, -0.2) is 95.4 Å². The van der Waals surface area contributed by atoms with Gasteiger partial charge in [0.1, 0.15) is 30.2 Å². The van der Waals surface area contributed by atoms with E-state index in [0.717, 1.165) is 12.1 Å². The highest BCUT2D eigenvalue weighted by atomic mass is 19.1. The van der Waals surface area contributed by atoms with E-state index in [1.807, 2.05) is 0 Å². The van der Waals surface area contributed by atoms with Gasteiger partial charge in [0.15, 0.2) is 6.10 Å². The molecule has 2 saturated heterocycles. The number of rotatable bonds is 4. The van der Waals surface area contributed by atoms with E-state index >= 15 is 0 Å². The van der Waals surface area contributed by atoms with Crippen molar-refractivity contribution in [3.8, 4) is 0 Å². The third-order valence-electron chi connectivity index (χ3n) is 4.85. The van der Waals surface area contributed by atoms with Crippen LogP contribution in [0, 0.1) is 5.82 Å². The molecular formula is C18H23FN2O7. The van der Waals surface area contributed by atoms with E-state index in [2.05, 4.69) is 5.32 Å². The van der Waals surface area contributed by atoms with Crippen LogP contribution in [0.25, 0.3) is 0 Å². The van der Waals surface area contributed by atoms with Crippen molar-refractivity contribution in [1.82, 2.24) is 10.2 Å². The smallest absolute Gasteiger partial charge is 0.254 e. The van der Waals surface area contributed by atoms with Gasteiger partial charge in [-0.3, -0.25) is 9.59 Å². The Morgan fingerprint density at radius 2 is 1.71 bits per heavy atom. The molecule has 0 saturated carbocycles. The number of hydrogen-bond acceptors (Lipinski definition) is 7. The molecule has 0 aliphatic carbocycles. The van der Waals surface area contributed by atoms with Gasteiger partial charge in [0.2, 0.25) is 0 Å². The first-order valence-electron chi connectivity index (χ1n) is 8.98. The van der Waals surface area contributed by atoms with Crippen molar-refractivity contribution in [2.75, 3.05) is 32.8 Å². The predicted octanol–water partition coefficient (Wildman–Crippen LogP) is -1.74. The summed E-state index contributed by atoms with van der Waals surface area (Å²) in [5, 5.41) is 33.0. The Morgan fingerprint density at radius 1 is 1.07 bits per heavy atom. The van der Waals surface area contributed by atoms with Crippen LogP contribution < -0.4 is 5.32 Å². The maximum atomic E-state index is 12.9. The highest BCUT2D eigenvalue weighted by Crippen LogP contribution is 2.23. The number of hydrogen-bond donors (Lipinski definition) is 4. The first kappa shape index (κ1) is 20.6. The SMILES string of the molecule is O=C(NC[C@@H]1O[C@H](C(=O)N2CCOCC2)[C@H](O)[C@H](O)[C@H]1O)c1ccc(F)cc1. The quantitative estimate of drug-likeness (QED) is 0.474. The van der Waals surface area contributed by atoms with Gasteiger partial charge >= 0.3 is 0 Å². The molecule has 3 rings (SSSR count). The van der Waals surface area contributed by atoms with Crippen LogP contribution in [0.5, 0.6) is 0 Å². The van der Waals surface area contributed by atoms with Gasteiger partial charge in [0.05, 0.1) is 13.2 Å². The summed E-state index contributed by atoms with van der Waals surface area (Å²) >= 11 is 0. The second-order valence-electron chi connectivity index (χ2n) is 6.72. The fourth-order valence-electron chi connectivity index (χ4n) is 3.18. The molecule has 0 aromatic heterocycles. The lowest BCUT2D eigenvalue weighted by Crippen LogP contribution is -2.64. The van der Waals surface area contributed by atoms with Crippen molar-refractivity contribution in [1.29, 1.82) is 0 Å². The summed E-state index contributed by atoms with van der Waals surface area (Å²) in [7, 11) is 0. The lowest BCUT2D eigenvalue weighted by Gasteiger charge is -2.42. The zero-order chi connectivity index (χ0) is 20.3. The molecule has 0 radical (unpaired) electrons. The molecule has 1 aromatic carbocycles. The molecule has 4 N–H and O–H groups in total. The summed E-state index contributed by atoms with van der Waals surface area (Å²) in [5.74, 6) is -1.53. The first-order chi connectivity index (χ1) is 13.4. The lowest BCUT2D eigenvalue weighted by molar-refractivity contribution is -0.224. The molecule has 2 amide bonds. The molecule has 0 unspecified atom stereocenters. The van der Waals surface area contributed by atoms with E-state index in [1.54, 1.807) is 0 Å². The maximum Gasteiger partial charge on any atom is 0.254 e. The Kier molecular flexibility index (Phi) is 6.57. The zero-order valence-electron chi connectivity index (χ0n) is 15.0. The van der Waals surface area contributed by atoms with Gasteiger partial charge in [-0.25, -0.2) is 4.39 Å². The van der Waals surface area contributed by atoms with E-state index in [0.29, 0.717) is 26.3 Å². The van der Waals surface area contributed by atoms with E-state index in [-0.39, 0.29) is 12.1 Å². The second-order valence-corrected chi connectivity index (χ2v) is 6.72. The molecule has 0 bridgehead atoms. The summed E-state index contributed by atoms with van der Waals surface area (Å²) in [4.78, 5) is 26.2. The largest absolute Gasteiger partial charge is 0.388 e. The molecule has 2 heterocycles. The summed E-state index contributed by atoms with van der Waals surface area (Å²) in [5.41, 5.74) is 0.202. The van der Waals surface area contributed by atoms with E-state index < -0.39 is 48.2 Å². The number of nitrogens with zero attached hydrogens (tertiary/aromatic N) is 1. The minimum atomic E-state index is -1.61. The van der Waals surface area contributed by atoms with Crippen LogP contribution in [-0.2, 0) is 14.3 Å². The number of amides is 2. The topological polar surface area (TPSA) is 129 Å². The Balaban J connectivity index is 1.63. The Hall–Kier alpha value is -2.11. The third-order valence-corrected chi connectivity index (χ3v) is 4.85. The normalized spacial score (nSPS) is 30.7. The molecule has 2 aliphatic heterocycles. The van der Waals surface area contributed by atoms with E-state index in [4.69, 9.17) is 9.47 Å². The number of halogens is 1. The van der Waals surface area contributed by atoms with Crippen LogP contribution >= 0.6 is 0 Å². The molecule has 2 aliphatic rings. The van der Waals surface area contributed by atoms with Gasteiger partial charge in [-0.15, -0.1) is 0 Å². The molecule has 2 fully saturated rings. The number of ether oxygens (including phenoxy) is 2. The average molecular weight is 398 g/mol. The molecule has 0 spiro atoms. The second kappa shape index (κ2) is 8.93. The fourth-order valence-corrected chi connectivity index (χ4v) is 3.18. The fraction of sp³-hybridized carbons (Fsp3) is 0.556. The Labute approximate surface area is 160 Å². The number of nitrogens with one attached hydrogen (secondary N) is 1. The van der Waals surface area contributed by atoms with Crippen LogP contribution in [0.3, 0.4) is 0 Å². The molecule has 10 heteroatoms.